The molecule has 3 N–H and O–H groups in total. The van der Waals surface area contributed by atoms with Crippen molar-refractivity contribution < 1.29 is 35.8 Å². The maximum atomic E-state index is 12.0. The van der Waals surface area contributed by atoms with Crippen LogP contribution in [0.15, 0.2) is 0 Å². The van der Waals surface area contributed by atoms with E-state index in [1.54, 1.807) is 0 Å². The number of Topliss-reactive ketones (excluding diaryl/α,β-unsaturated/α-hetero) is 2. The van der Waals surface area contributed by atoms with E-state index in [2.05, 4.69) is 0 Å². The molecule has 1 saturated carbocycles. The first-order valence-electron chi connectivity index (χ1n) is 8.59. The molecule has 1 aliphatic rings. The fraction of sp³-hybridized carbons (Fsp3) is 0.812. The van der Waals surface area contributed by atoms with Crippen LogP contribution >= 0.6 is 0 Å². The molecule has 0 bridgehead atoms. The SMILES string of the molecule is [2H]CC(=O)CCCC(=O)O[C@@H]1C[C@H](C(=O)CCC)[C@@H](O)[C@H](O)[C@H]1O. The zero-order chi connectivity index (χ0) is 18.3. The first kappa shape index (κ1) is 18.0. The molecule has 0 spiro atoms. The number of carbonyl (C=O) groups is 3. The van der Waals surface area contributed by atoms with E-state index in [1.165, 1.54) is 0 Å². The Labute approximate surface area is 137 Å². The Kier molecular flexibility index (Phi) is 7.14. The van der Waals surface area contributed by atoms with Gasteiger partial charge in [-0.3, -0.25) is 9.59 Å². The number of hydrogen-bond acceptors (Lipinski definition) is 7. The standard InChI is InChI=1S/C16H26O7/c1-3-5-11(18)10-8-12(15(21)16(22)14(10)20)23-13(19)7-4-6-9(2)17/h10,12,14-16,20-22H,3-8H2,1-2H3/t10-,12-,14-,15+,16+/m1/s1/i2D. The van der Waals surface area contributed by atoms with Gasteiger partial charge in [0.1, 0.15) is 29.9 Å². The molecule has 7 nitrogen and oxygen atoms in total. The molecule has 0 amide bonds. The third-order valence-electron chi connectivity index (χ3n) is 4.01. The van der Waals surface area contributed by atoms with Gasteiger partial charge in [0.25, 0.3) is 0 Å². The van der Waals surface area contributed by atoms with Crippen molar-refractivity contribution in [2.75, 3.05) is 0 Å². The van der Waals surface area contributed by atoms with E-state index >= 15 is 0 Å². The van der Waals surface area contributed by atoms with Crippen LogP contribution in [-0.2, 0) is 19.1 Å². The van der Waals surface area contributed by atoms with Crippen molar-refractivity contribution in [2.24, 2.45) is 5.92 Å². The Morgan fingerprint density at radius 3 is 2.39 bits per heavy atom. The summed E-state index contributed by atoms with van der Waals surface area (Å²) in [5, 5.41) is 29.8. The second kappa shape index (κ2) is 9.10. The number of carbonyl (C=O) groups excluding carboxylic acids is 3. The molecule has 1 rings (SSSR count). The fourth-order valence-corrected chi connectivity index (χ4v) is 2.72. The number of aliphatic hydroxyl groups is 3. The maximum Gasteiger partial charge on any atom is 0.306 e. The lowest BCUT2D eigenvalue weighted by Crippen LogP contribution is -2.56. The van der Waals surface area contributed by atoms with Crippen molar-refractivity contribution in [3.05, 3.63) is 0 Å². The van der Waals surface area contributed by atoms with Crippen LogP contribution in [0.1, 0.15) is 53.7 Å². The lowest BCUT2D eigenvalue weighted by atomic mass is 9.77. The van der Waals surface area contributed by atoms with Crippen LogP contribution in [0.2, 0.25) is 0 Å². The van der Waals surface area contributed by atoms with Crippen molar-refractivity contribution >= 4 is 17.5 Å². The zero-order valence-corrected chi connectivity index (χ0v) is 13.3. The zero-order valence-electron chi connectivity index (χ0n) is 14.3. The molecule has 0 unspecified atom stereocenters. The topological polar surface area (TPSA) is 121 Å². The molecule has 0 saturated heterocycles. The predicted molar refractivity (Wildman–Crippen MR) is 80.5 cm³/mol. The number of hydrogen-bond donors (Lipinski definition) is 3. The van der Waals surface area contributed by atoms with Gasteiger partial charge in [-0.25, -0.2) is 0 Å². The van der Waals surface area contributed by atoms with Gasteiger partial charge >= 0.3 is 5.97 Å². The number of ketones is 2. The van der Waals surface area contributed by atoms with Gasteiger partial charge in [0, 0.05) is 26.6 Å². The van der Waals surface area contributed by atoms with Crippen molar-refractivity contribution in [3.63, 3.8) is 0 Å². The highest BCUT2D eigenvalue weighted by Crippen LogP contribution is 2.30. The number of ether oxygens (including phenoxy) is 1. The van der Waals surface area contributed by atoms with Gasteiger partial charge in [0.05, 0.1) is 6.10 Å². The Balaban J connectivity index is 2.60. The minimum atomic E-state index is -1.56. The summed E-state index contributed by atoms with van der Waals surface area (Å²) in [6.45, 7) is 1.48. The molecule has 0 aliphatic heterocycles. The van der Waals surface area contributed by atoms with Gasteiger partial charge in [-0.05, 0) is 26.2 Å². The molecule has 0 aromatic heterocycles. The molecule has 0 heterocycles. The molecule has 5 atom stereocenters. The smallest absolute Gasteiger partial charge is 0.306 e. The van der Waals surface area contributed by atoms with Gasteiger partial charge < -0.3 is 24.9 Å². The summed E-state index contributed by atoms with van der Waals surface area (Å²) in [4.78, 5) is 34.8. The Bertz CT molecular complexity index is 454. The third-order valence-corrected chi connectivity index (χ3v) is 4.01. The van der Waals surface area contributed by atoms with Crippen LogP contribution in [0.3, 0.4) is 0 Å². The van der Waals surface area contributed by atoms with E-state index in [1.807, 2.05) is 6.92 Å². The molecular weight excluding hydrogens is 304 g/mol. The molecule has 1 fully saturated rings. The summed E-state index contributed by atoms with van der Waals surface area (Å²) in [6.07, 6.45) is -4.42. The van der Waals surface area contributed by atoms with E-state index in [4.69, 9.17) is 6.11 Å². The minimum absolute atomic E-state index is 0.0460. The van der Waals surface area contributed by atoms with Crippen molar-refractivity contribution in [3.8, 4) is 0 Å². The maximum absolute atomic E-state index is 12.0. The van der Waals surface area contributed by atoms with Gasteiger partial charge in [-0.2, -0.15) is 0 Å². The molecule has 0 aromatic carbocycles. The molecule has 23 heavy (non-hydrogen) atoms. The van der Waals surface area contributed by atoms with Gasteiger partial charge in [0.2, 0.25) is 0 Å². The average molecular weight is 331 g/mol. The first-order valence-corrected chi connectivity index (χ1v) is 7.89. The van der Waals surface area contributed by atoms with Crippen molar-refractivity contribution in [1.82, 2.24) is 0 Å². The highest BCUT2D eigenvalue weighted by molar-refractivity contribution is 5.82. The lowest BCUT2D eigenvalue weighted by Gasteiger charge is -2.39. The second-order valence-corrected chi connectivity index (χ2v) is 5.95. The lowest BCUT2D eigenvalue weighted by molar-refractivity contribution is -0.188. The van der Waals surface area contributed by atoms with E-state index in [0.717, 1.165) is 0 Å². The minimum Gasteiger partial charge on any atom is -0.459 e. The molecular formula is C16H26O7. The largest absolute Gasteiger partial charge is 0.459 e. The van der Waals surface area contributed by atoms with Gasteiger partial charge in [0.15, 0.2) is 0 Å². The highest BCUT2D eigenvalue weighted by atomic mass is 16.6. The number of rotatable bonds is 8. The third kappa shape index (κ3) is 5.67. The molecule has 1 aliphatic carbocycles. The number of aliphatic hydroxyl groups excluding tert-OH is 3. The van der Waals surface area contributed by atoms with E-state index in [0.29, 0.717) is 6.42 Å². The van der Waals surface area contributed by atoms with Crippen LogP contribution in [0.25, 0.3) is 0 Å². The monoisotopic (exact) mass is 331 g/mol. The van der Waals surface area contributed by atoms with Crippen LogP contribution in [-0.4, -0.2) is 57.3 Å². The quantitative estimate of drug-likeness (QED) is 0.540. The van der Waals surface area contributed by atoms with E-state index in [9.17, 15) is 29.7 Å². The molecule has 0 radical (unpaired) electrons. The van der Waals surface area contributed by atoms with Crippen LogP contribution in [0.4, 0.5) is 0 Å². The van der Waals surface area contributed by atoms with Crippen LogP contribution < -0.4 is 0 Å². The summed E-state index contributed by atoms with van der Waals surface area (Å²) in [5.41, 5.74) is 0. The Morgan fingerprint density at radius 2 is 1.78 bits per heavy atom. The van der Waals surface area contributed by atoms with Crippen molar-refractivity contribution in [2.45, 2.75) is 76.8 Å². The highest BCUT2D eigenvalue weighted by Gasteiger charge is 2.46. The van der Waals surface area contributed by atoms with Gasteiger partial charge in [-0.1, -0.05) is 6.92 Å². The average Bonchev–Trinajstić information content (AvgIpc) is 2.55. The van der Waals surface area contributed by atoms with Gasteiger partial charge in [-0.15, -0.1) is 0 Å². The summed E-state index contributed by atoms with van der Waals surface area (Å²) < 4.78 is 12.0. The Hall–Kier alpha value is -1.31. The van der Waals surface area contributed by atoms with Crippen molar-refractivity contribution in [1.29, 1.82) is 0 Å². The number of esters is 1. The van der Waals surface area contributed by atoms with Crippen LogP contribution in [0.5, 0.6) is 0 Å². The fourth-order valence-electron chi connectivity index (χ4n) is 2.72. The normalized spacial score (nSPS) is 31.3. The van der Waals surface area contributed by atoms with E-state index < -0.39 is 36.3 Å². The predicted octanol–water partition coefficient (Wildman–Crippen LogP) is 0.129. The molecule has 7 heteroatoms. The molecule has 132 valence electrons. The molecule has 0 aromatic rings. The second-order valence-electron chi connectivity index (χ2n) is 5.95. The summed E-state index contributed by atoms with van der Waals surface area (Å²) >= 11 is 0. The van der Waals surface area contributed by atoms with E-state index in [-0.39, 0.29) is 50.6 Å². The van der Waals surface area contributed by atoms with Crippen LogP contribution in [0, 0.1) is 5.92 Å². The summed E-state index contributed by atoms with van der Waals surface area (Å²) in [7, 11) is 0. The Morgan fingerprint density at radius 1 is 1.09 bits per heavy atom. The summed E-state index contributed by atoms with van der Waals surface area (Å²) in [6, 6.07) is 0. The first-order chi connectivity index (χ1) is 11.3. The summed E-state index contributed by atoms with van der Waals surface area (Å²) in [5.74, 6) is -2.05.